The smallest absolute Gasteiger partial charge is 0.311 e. The van der Waals surface area contributed by atoms with E-state index in [1.54, 1.807) is 11.3 Å². The van der Waals surface area contributed by atoms with Crippen LogP contribution in [0, 0.1) is 5.92 Å². The molecule has 0 aliphatic carbocycles. The van der Waals surface area contributed by atoms with Crippen molar-refractivity contribution in [1.29, 1.82) is 0 Å². The van der Waals surface area contributed by atoms with Gasteiger partial charge in [0.15, 0.2) is 5.13 Å². The molecule has 0 aliphatic heterocycles. The number of esters is 1. The average molecular weight is 284 g/mol. The second-order valence-corrected chi connectivity index (χ2v) is 5.55. The van der Waals surface area contributed by atoms with Crippen molar-refractivity contribution in [3.63, 3.8) is 0 Å². The summed E-state index contributed by atoms with van der Waals surface area (Å²) < 4.78 is 4.63. The molecule has 108 valence electrons. The van der Waals surface area contributed by atoms with E-state index in [9.17, 15) is 4.79 Å². The lowest BCUT2D eigenvalue weighted by Gasteiger charge is -2.14. The fraction of sp³-hybridized carbons (Fsp3) is 0.714. The van der Waals surface area contributed by atoms with Gasteiger partial charge in [-0.1, -0.05) is 33.1 Å². The van der Waals surface area contributed by atoms with Crippen molar-refractivity contribution >= 4 is 22.4 Å². The molecule has 1 atom stereocenters. The summed E-state index contributed by atoms with van der Waals surface area (Å²) in [6.07, 6.45) is 5.23. The van der Waals surface area contributed by atoms with Gasteiger partial charge in [0, 0.05) is 11.9 Å². The monoisotopic (exact) mass is 284 g/mol. The maximum atomic E-state index is 11.1. The summed E-state index contributed by atoms with van der Waals surface area (Å²) in [6.45, 7) is 5.41. The Bertz CT molecular complexity index is 379. The van der Waals surface area contributed by atoms with Gasteiger partial charge in [0.05, 0.1) is 19.2 Å². The van der Waals surface area contributed by atoms with Crippen molar-refractivity contribution < 1.29 is 9.53 Å². The van der Waals surface area contributed by atoms with E-state index in [0.29, 0.717) is 5.92 Å². The number of nitrogens with zero attached hydrogens (tertiary/aromatic N) is 1. The lowest BCUT2D eigenvalue weighted by atomic mass is 10.00. The molecule has 0 saturated carbocycles. The van der Waals surface area contributed by atoms with Gasteiger partial charge in [-0.05, 0) is 12.3 Å². The van der Waals surface area contributed by atoms with E-state index >= 15 is 0 Å². The Hall–Kier alpha value is -1.10. The van der Waals surface area contributed by atoms with Gasteiger partial charge in [0.1, 0.15) is 0 Å². The van der Waals surface area contributed by atoms with Crippen LogP contribution in [-0.4, -0.2) is 24.6 Å². The third kappa shape index (κ3) is 6.05. The molecule has 5 heteroatoms. The van der Waals surface area contributed by atoms with Crippen LogP contribution in [0.5, 0.6) is 0 Å². The van der Waals surface area contributed by atoms with E-state index in [4.69, 9.17) is 0 Å². The van der Waals surface area contributed by atoms with E-state index in [-0.39, 0.29) is 12.4 Å². The highest BCUT2D eigenvalue weighted by molar-refractivity contribution is 7.13. The van der Waals surface area contributed by atoms with E-state index < -0.39 is 0 Å². The number of nitrogens with one attached hydrogen (secondary N) is 1. The summed E-state index contributed by atoms with van der Waals surface area (Å²) in [6, 6.07) is 0. The number of carbonyl (C=O) groups excluding carboxylic acids is 1. The summed E-state index contributed by atoms with van der Waals surface area (Å²) >= 11 is 1.55. The minimum atomic E-state index is -0.244. The van der Waals surface area contributed by atoms with Crippen LogP contribution in [0.2, 0.25) is 0 Å². The topological polar surface area (TPSA) is 51.2 Å². The van der Waals surface area contributed by atoms with Gasteiger partial charge in [-0.25, -0.2) is 4.98 Å². The third-order valence-electron chi connectivity index (χ3n) is 3.19. The molecule has 4 nitrogen and oxygen atoms in total. The predicted octanol–water partition coefficient (Wildman–Crippen LogP) is 3.49. The minimum Gasteiger partial charge on any atom is -0.469 e. The summed E-state index contributed by atoms with van der Waals surface area (Å²) in [5.41, 5.74) is 0.779. The maximum Gasteiger partial charge on any atom is 0.311 e. The van der Waals surface area contributed by atoms with Crippen molar-refractivity contribution in [2.75, 3.05) is 19.0 Å². The van der Waals surface area contributed by atoms with Crippen molar-refractivity contribution in [3.05, 3.63) is 11.1 Å². The van der Waals surface area contributed by atoms with E-state index in [0.717, 1.165) is 17.4 Å². The highest BCUT2D eigenvalue weighted by Crippen LogP contribution is 2.18. The first-order valence-electron chi connectivity index (χ1n) is 6.94. The van der Waals surface area contributed by atoms with Crippen LogP contribution in [0.25, 0.3) is 0 Å². The number of unbranched alkanes of at least 4 members (excludes halogenated alkanes) is 1. The molecule has 1 aromatic rings. The van der Waals surface area contributed by atoms with Crippen molar-refractivity contribution in [2.45, 2.75) is 46.0 Å². The van der Waals surface area contributed by atoms with Crippen molar-refractivity contribution in [2.24, 2.45) is 5.92 Å². The van der Waals surface area contributed by atoms with Gasteiger partial charge >= 0.3 is 5.97 Å². The van der Waals surface area contributed by atoms with Gasteiger partial charge in [-0.3, -0.25) is 4.79 Å². The first kappa shape index (κ1) is 16.0. The molecule has 1 rings (SSSR count). The highest BCUT2D eigenvalue weighted by Gasteiger charge is 2.09. The fourth-order valence-corrected chi connectivity index (χ4v) is 2.58. The van der Waals surface area contributed by atoms with Crippen LogP contribution in [0.4, 0.5) is 5.13 Å². The van der Waals surface area contributed by atoms with Gasteiger partial charge in [-0.15, -0.1) is 11.3 Å². The normalized spacial score (nSPS) is 12.2. The van der Waals surface area contributed by atoms with Gasteiger partial charge < -0.3 is 10.1 Å². The van der Waals surface area contributed by atoms with Gasteiger partial charge in [0.25, 0.3) is 0 Å². The Kier molecular flexibility index (Phi) is 7.48. The second kappa shape index (κ2) is 8.91. The zero-order valence-corrected chi connectivity index (χ0v) is 12.9. The molecule has 0 radical (unpaired) electrons. The Labute approximate surface area is 119 Å². The molecule has 0 aliphatic rings. The average Bonchev–Trinajstić information content (AvgIpc) is 2.86. The quantitative estimate of drug-likeness (QED) is 0.705. The fourth-order valence-electron chi connectivity index (χ4n) is 1.86. The Morgan fingerprint density at radius 1 is 1.53 bits per heavy atom. The molecule has 0 amide bonds. The Morgan fingerprint density at radius 2 is 2.32 bits per heavy atom. The number of methoxy groups -OCH3 is 1. The first-order valence-corrected chi connectivity index (χ1v) is 7.82. The lowest BCUT2D eigenvalue weighted by molar-refractivity contribution is -0.139. The molecule has 0 spiro atoms. The molecule has 1 heterocycles. The molecular weight excluding hydrogens is 260 g/mol. The molecule has 0 bridgehead atoms. The number of thiazole rings is 1. The van der Waals surface area contributed by atoms with Crippen LogP contribution in [0.1, 0.15) is 45.2 Å². The molecule has 1 N–H and O–H groups in total. The van der Waals surface area contributed by atoms with Crippen LogP contribution >= 0.6 is 11.3 Å². The molecule has 0 fully saturated rings. The number of hydrogen-bond donors (Lipinski definition) is 1. The van der Waals surface area contributed by atoms with Crippen molar-refractivity contribution in [3.8, 4) is 0 Å². The summed E-state index contributed by atoms with van der Waals surface area (Å²) in [5.74, 6) is 0.458. The van der Waals surface area contributed by atoms with Crippen molar-refractivity contribution in [1.82, 2.24) is 4.98 Å². The number of hydrogen-bond acceptors (Lipinski definition) is 5. The van der Waals surface area contributed by atoms with Crippen LogP contribution < -0.4 is 5.32 Å². The molecule has 19 heavy (non-hydrogen) atoms. The number of ether oxygens (including phenoxy) is 1. The zero-order chi connectivity index (χ0) is 14.1. The minimum absolute atomic E-state index is 0.244. The third-order valence-corrected chi connectivity index (χ3v) is 4.04. The number of anilines is 1. The lowest BCUT2D eigenvalue weighted by Crippen LogP contribution is -2.13. The number of carbonyl (C=O) groups is 1. The first-order chi connectivity index (χ1) is 9.19. The van der Waals surface area contributed by atoms with Gasteiger partial charge in [-0.2, -0.15) is 0 Å². The van der Waals surface area contributed by atoms with E-state index in [1.807, 2.05) is 5.38 Å². The molecule has 1 aromatic heterocycles. The standard InChI is InChI=1S/C14H24N2O2S/c1-4-6-7-11(5-2)9-15-14-16-12(10-19-14)8-13(17)18-3/h10-11H,4-9H2,1-3H3,(H,15,16). The number of rotatable bonds is 9. The SMILES string of the molecule is CCCCC(CC)CNc1nc(CC(=O)OC)cs1. The summed E-state index contributed by atoms with van der Waals surface area (Å²) in [5, 5.41) is 6.18. The largest absolute Gasteiger partial charge is 0.469 e. The van der Waals surface area contributed by atoms with Crippen LogP contribution in [-0.2, 0) is 16.0 Å². The Morgan fingerprint density at radius 3 is 2.95 bits per heavy atom. The summed E-state index contributed by atoms with van der Waals surface area (Å²) in [4.78, 5) is 15.5. The molecule has 1 unspecified atom stereocenters. The highest BCUT2D eigenvalue weighted by atomic mass is 32.1. The second-order valence-electron chi connectivity index (χ2n) is 4.69. The zero-order valence-electron chi connectivity index (χ0n) is 12.1. The van der Waals surface area contributed by atoms with Gasteiger partial charge in [0.2, 0.25) is 0 Å². The molecular formula is C14H24N2O2S. The van der Waals surface area contributed by atoms with Crippen LogP contribution in [0.15, 0.2) is 5.38 Å². The summed E-state index contributed by atoms with van der Waals surface area (Å²) in [7, 11) is 1.40. The predicted molar refractivity (Wildman–Crippen MR) is 79.6 cm³/mol. The van der Waals surface area contributed by atoms with E-state index in [2.05, 4.69) is 28.9 Å². The Balaban J connectivity index is 2.38. The number of aromatic nitrogens is 1. The maximum absolute atomic E-state index is 11.1. The molecule has 0 aromatic carbocycles. The molecule has 0 saturated heterocycles. The van der Waals surface area contributed by atoms with E-state index in [1.165, 1.54) is 32.8 Å². The van der Waals surface area contributed by atoms with Crippen LogP contribution in [0.3, 0.4) is 0 Å².